The number of aliphatic hydroxyl groups excluding tert-OH is 1. The van der Waals surface area contributed by atoms with Crippen LogP contribution in [0.1, 0.15) is 53.9 Å². The molecule has 0 aromatic heterocycles. The zero-order valence-corrected chi connectivity index (χ0v) is 20.7. The molecule has 0 fully saturated rings. The number of hydrogen-bond acceptors (Lipinski definition) is 8. The number of aldehydes is 2. The van der Waals surface area contributed by atoms with Gasteiger partial charge in [-0.2, -0.15) is 0 Å². The van der Waals surface area contributed by atoms with Crippen molar-refractivity contribution < 1.29 is 38.9 Å². The first kappa shape index (κ1) is 31.2. The van der Waals surface area contributed by atoms with Crippen LogP contribution in [-0.4, -0.2) is 59.3 Å². The number of allylic oxidation sites excluding steroid dienone is 4. The van der Waals surface area contributed by atoms with E-state index < -0.39 is 35.8 Å². The molecule has 0 aliphatic rings. The number of rotatable bonds is 16. The smallest absolute Gasteiger partial charge is 0.404 e. The summed E-state index contributed by atoms with van der Waals surface area (Å²) in [7, 11) is 0. The molecular weight excluding hydrogens is 442 g/mol. The Labute approximate surface area is 201 Å². The number of ether oxygens (including phenoxy) is 2. The number of primary amides is 1. The van der Waals surface area contributed by atoms with Gasteiger partial charge in [0.15, 0.2) is 0 Å². The molecule has 0 saturated heterocycles. The summed E-state index contributed by atoms with van der Waals surface area (Å²) in [5.41, 5.74) is 4.25. The molecule has 0 aromatic rings. The van der Waals surface area contributed by atoms with Crippen molar-refractivity contribution >= 4 is 24.6 Å². The van der Waals surface area contributed by atoms with E-state index >= 15 is 0 Å². The molecular formula is C25H39NO8. The third-order valence-electron chi connectivity index (χ3n) is 5.37. The van der Waals surface area contributed by atoms with Gasteiger partial charge >= 0.3 is 12.1 Å². The highest BCUT2D eigenvalue weighted by Gasteiger charge is 2.33. The van der Waals surface area contributed by atoms with Crippen LogP contribution in [0.5, 0.6) is 0 Å². The van der Waals surface area contributed by atoms with Crippen LogP contribution in [0.4, 0.5) is 4.79 Å². The molecule has 0 heterocycles. The standard InChI is InChI=1S/C25H39NO8/c1-17(16-33-24(26)31)7-6-8-18(2)22(15-28)19(3)9-10-23(34-20(4)29)25(5,32)13-11-21(30)12-14-27/h6-10,14-15,17,19,21-23,30,32H,11-13,16H2,1-5H3,(H2,26,31)/b7-6+,10-9+,18-8+/t17-,19+,21+,22-,23+,25+/m1/s1. The summed E-state index contributed by atoms with van der Waals surface area (Å²) in [6, 6.07) is 0. The molecule has 0 aliphatic carbocycles. The van der Waals surface area contributed by atoms with Crippen LogP contribution < -0.4 is 5.73 Å². The molecule has 0 saturated carbocycles. The molecule has 4 N–H and O–H groups in total. The fourth-order valence-corrected chi connectivity index (χ4v) is 3.20. The molecule has 192 valence electrons. The molecule has 9 nitrogen and oxygen atoms in total. The quantitative estimate of drug-likeness (QED) is 0.132. The second kappa shape index (κ2) is 16.0. The highest BCUT2D eigenvalue weighted by Crippen LogP contribution is 2.25. The zero-order chi connectivity index (χ0) is 26.3. The third kappa shape index (κ3) is 13.1. The average molecular weight is 482 g/mol. The number of carbonyl (C=O) groups excluding carboxylic acids is 4. The molecule has 0 rings (SSSR count). The highest BCUT2D eigenvalue weighted by molar-refractivity contribution is 5.66. The minimum absolute atomic E-state index is 0.0425. The number of hydrogen-bond donors (Lipinski definition) is 3. The van der Waals surface area contributed by atoms with Gasteiger partial charge in [-0.1, -0.05) is 43.7 Å². The summed E-state index contributed by atoms with van der Waals surface area (Å²) in [5.74, 6) is -1.37. The Kier molecular flexibility index (Phi) is 14.6. The zero-order valence-electron chi connectivity index (χ0n) is 20.7. The number of esters is 1. The van der Waals surface area contributed by atoms with Gasteiger partial charge in [0.05, 0.1) is 12.7 Å². The lowest BCUT2D eigenvalue weighted by Crippen LogP contribution is -2.41. The van der Waals surface area contributed by atoms with Crippen molar-refractivity contribution in [3.8, 4) is 0 Å². The van der Waals surface area contributed by atoms with Gasteiger partial charge in [-0.3, -0.25) is 4.79 Å². The molecule has 0 spiro atoms. The van der Waals surface area contributed by atoms with E-state index in [1.54, 1.807) is 24.3 Å². The summed E-state index contributed by atoms with van der Waals surface area (Å²) < 4.78 is 10.0. The van der Waals surface area contributed by atoms with Gasteiger partial charge < -0.3 is 35.0 Å². The highest BCUT2D eigenvalue weighted by atomic mass is 16.6. The maximum absolute atomic E-state index is 11.8. The Bertz CT molecular complexity index is 756. The Morgan fingerprint density at radius 1 is 1.12 bits per heavy atom. The van der Waals surface area contributed by atoms with Gasteiger partial charge in [0.2, 0.25) is 0 Å². The van der Waals surface area contributed by atoms with Crippen molar-refractivity contribution in [3.63, 3.8) is 0 Å². The van der Waals surface area contributed by atoms with Gasteiger partial charge in [0.1, 0.15) is 24.3 Å². The number of nitrogens with two attached hydrogens (primary N) is 1. The fraction of sp³-hybridized carbons (Fsp3) is 0.600. The maximum Gasteiger partial charge on any atom is 0.404 e. The Morgan fingerprint density at radius 2 is 1.76 bits per heavy atom. The lowest BCUT2D eigenvalue weighted by Gasteiger charge is -2.31. The van der Waals surface area contributed by atoms with E-state index in [9.17, 15) is 29.4 Å². The Hall–Kier alpha value is -2.78. The van der Waals surface area contributed by atoms with Crippen molar-refractivity contribution in [3.05, 3.63) is 36.0 Å². The summed E-state index contributed by atoms with van der Waals surface area (Å²) in [6.45, 7) is 8.35. The minimum atomic E-state index is -1.49. The van der Waals surface area contributed by atoms with Crippen LogP contribution in [0.15, 0.2) is 36.0 Å². The first-order valence-electron chi connectivity index (χ1n) is 11.3. The van der Waals surface area contributed by atoms with Crippen molar-refractivity contribution in [2.45, 2.75) is 71.7 Å². The van der Waals surface area contributed by atoms with Gasteiger partial charge in [0.25, 0.3) is 0 Å². The first-order valence-corrected chi connectivity index (χ1v) is 11.3. The van der Waals surface area contributed by atoms with E-state index in [4.69, 9.17) is 15.2 Å². The van der Waals surface area contributed by atoms with Crippen molar-refractivity contribution in [1.29, 1.82) is 0 Å². The van der Waals surface area contributed by atoms with E-state index in [0.29, 0.717) is 6.29 Å². The molecule has 0 aliphatic heterocycles. The Balaban J connectivity index is 5.35. The van der Waals surface area contributed by atoms with E-state index in [0.717, 1.165) is 11.9 Å². The third-order valence-corrected chi connectivity index (χ3v) is 5.37. The monoisotopic (exact) mass is 481 g/mol. The largest absolute Gasteiger partial charge is 0.455 e. The van der Waals surface area contributed by atoms with Crippen LogP contribution in [-0.2, 0) is 23.9 Å². The van der Waals surface area contributed by atoms with Crippen LogP contribution >= 0.6 is 0 Å². The van der Waals surface area contributed by atoms with E-state index in [1.165, 1.54) is 13.8 Å². The first-order chi connectivity index (χ1) is 15.8. The molecule has 0 unspecified atom stereocenters. The number of aliphatic hydroxyl groups is 2. The molecule has 0 bridgehead atoms. The van der Waals surface area contributed by atoms with E-state index in [2.05, 4.69) is 0 Å². The molecule has 34 heavy (non-hydrogen) atoms. The summed E-state index contributed by atoms with van der Waals surface area (Å²) >= 11 is 0. The maximum atomic E-state index is 11.8. The van der Waals surface area contributed by atoms with E-state index in [1.807, 2.05) is 26.8 Å². The normalized spacial score (nSPS) is 18.5. The molecule has 1 amide bonds. The van der Waals surface area contributed by atoms with Crippen molar-refractivity contribution in [2.75, 3.05) is 6.61 Å². The Morgan fingerprint density at radius 3 is 2.29 bits per heavy atom. The predicted molar refractivity (Wildman–Crippen MR) is 128 cm³/mol. The van der Waals surface area contributed by atoms with Gasteiger partial charge in [-0.25, -0.2) is 4.79 Å². The van der Waals surface area contributed by atoms with E-state index in [-0.39, 0.29) is 37.7 Å². The van der Waals surface area contributed by atoms with Crippen LogP contribution in [0, 0.1) is 17.8 Å². The van der Waals surface area contributed by atoms with Crippen molar-refractivity contribution in [2.24, 2.45) is 23.5 Å². The fourth-order valence-electron chi connectivity index (χ4n) is 3.20. The second-order valence-corrected chi connectivity index (χ2v) is 8.79. The predicted octanol–water partition coefficient (Wildman–Crippen LogP) is 2.64. The second-order valence-electron chi connectivity index (χ2n) is 8.79. The summed E-state index contributed by atoms with van der Waals surface area (Å²) in [5, 5.41) is 20.6. The number of carbonyl (C=O) groups is 4. The summed E-state index contributed by atoms with van der Waals surface area (Å²) in [4.78, 5) is 44.5. The van der Waals surface area contributed by atoms with Gasteiger partial charge in [-0.15, -0.1) is 0 Å². The average Bonchev–Trinajstić information content (AvgIpc) is 2.74. The molecule has 0 aromatic carbocycles. The lowest BCUT2D eigenvalue weighted by atomic mass is 9.86. The minimum Gasteiger partial charge on any atom is -0.455 e. The molecule has 0 radical (unpaired) electrons. The van der Waals surface area contributed by atoms with Gasteiger partial charge in [0, 0.05) is 25.2 Å². The van der Waals surface area contributed by atoms with Crippen molar-refractivity contribution in [1.82, 2.24) is 0 Å². The molecule has 9 heteroatoms. The van der Waals surface area contributed by atoms with Crippen LogP contribution in [0.2, 0.25) is 0 Å². The topological polar surface area (TPSA) is 153 Å². The van der Waals surface area contributed by atoms with Gasteiger partial charge in [-0.05, 0) is 38.7 Å². The van der Waals surface area contributed by atoms with Crippen LogP contribution in [0.3, 0.4) is 0 Å². The lowest BCUT2D eigenvalue weighted by molar-refractivity contribution is -0.156. The SMILES string of the molecule is CC(=O)O[C@@H](/C=C/[C@H](C)[C@H](C=O)/C(C)=C/C=C/[C@@H](C)COC(N)=O)[C@@](C)(O)CC[C@H](O)CC=O. The van der Waals surface area contributed by atoms with Crippen LogP contribution in [0.25, 0.3) is 0 Å². The number of amides is 1. The molecule has 6 atom stereocenters. The summed E-state index contributed by atoms with van der Waals surface area (Å²) in [6.07, 6.45) is 7.53.